The molecule has 0 amide bonds. The molecule has 1 aliphatic heterocycles. The molecule has 0 aliphatic carbocycles. The van der Waals surface area contributed by atoms with Crippen molar-refractivity contribution in [2.75, 3.05) is 0 Å². The van der Waals surface area contributed by atoms with Gasteiger partial charge in [0.1, 0.15) is 0 Å². The van der Waals surface area contributed by atoms with Crippen molar-refractivity contribution in [2.24, 2.45) is 5.41 Å². The third kappa shape index (κ3) is 1.39. The van der Waals surface area contributed by atoms with Crippen LogP contribution in [0.1, 0.15) is 40.5 Å². The Morgan fingerprint density at radius 1 is 1.33 bits per heavy atom. The second-order valence-corrected chi connectivity index (χ2v) is 4.21. The molecule has 0 aromatic heterocycles. The molecule has 0 bridgehead atoms. The van der Waals surface area contributed by atoms with Gasteiger partial charge in [0.05, 0.1) is 0 Å². The summed E-state index contributed by atoms with van der Waals surface area (Å²) >= 11 is 0. The predicted octanol–water partition coefficient (Wildman–Crippen LogP) is 2.06. The van der Waals surface area contributed by atoms with Crippen LogP contribution in [0.25, 0.3) is 0 Å². The van der Waals surface area contributed by atoms with E-state index >= 15 is 0 Å². The number of Topliss-reactive ketones (excluding diaryl/α,β-unsaturated/α-hetero) is 1. The molecule has 1 heterocycles. The molecule has 0 atom stereocenters. The molecule has 0 aromatic rings. The van der Waals surface area contributed by atoms with Crippen LogP contribution in [0.2, 0.25) is 0 Å². The number of ketones is 1. The van der Waals surface area contributed by atoms with Crippen molar-refractivity contribution in [3.05, 3.63) is 0 Å². The zero-order chi connectivity index (χ0) is 9.41. The minimum Gasteiger partial charge on any atom is -0.293 e. The molecule has 0 N–H and O–H groups in total. The number of rotatable bonds is 3. The highest BCUT2D eigenvalue weighted by Gasteiger charge is 2.63. The van der Waals surface area contributed by atoms with Gasteiger partial charge in [-0.25, -0.2) is 0 Å². The summed E-state index contributed by atoms with van der Waals surface area (Å²) in [6.07, 6.45) is 1.36. The minimum absolute atomic E-state index is 0.0532. The molecule has 1 rings (SSSR count). The van der Waals surface area contributed by atoms with E-state index in [1.165, 1.54) is 0 Å². The average Bonchev–Trinajstić information content (AvgIpc) is 2.63. The smallest absolute Gasteiger partial charge is 0.293 e. The van der Waals surface area contributed by atoms with Crippen molar-refractivity contribution in [3.8, 4) is 0 Å². The summed E-state index contributed by atoms with van der Waals surface area (Å²) in [6, 6.07) is 0. The van der Waals surface area contributed by atoms with Gasteiger partial charge < -0.3 is 0 Å². The van der Waals surface area contributed by atoms with Crippen LogP contribution in [0.5, 0.6) is 0 Å². The van der Waals surface area contributed by atoms with E-state index in [2.05, 4.69) is 0 Å². The topological polar surface area (TPSA) is 42.1 Å². The van der Waals surface area contributed by atoms with Gasteiger partial charge in [0, 0.05) is 11.8 Å². The van der Waals surface area contributed by atoms with E-state index < -0.39 is 5.79 Å². The highest BCUT2D eigenvalue weighted by molar-refractivity contribution is 5.87. The molecule has 3 nitrogen and oxygen atoms in total. The van der Waals surface area contributed by atoms with Crippen LogP contribution in [-0.4, -0.2) is 11.6 Å². The molecule has 3 heteroatoms. The monoisotopic (exact) mass is 172 g/mol. The summed E-state index contributed by atoms with van der Waals surface area (Å²) in [7, 11) is 0. The largest absolute Gasteiger partial charge is 0.296 e. The van der Waals surface area contributed by atoms with Gasteiger partial charge in [0.25, 0.3) is 5.79 Å². The molecule has 1 saturated heterocycles. The summed E-state index contributed by atoms with van der Waals surface area (Å²) in [5, 5.41) is 0. The van der Waals surface area contributed by atoms with Crippen LogP contribution in [0, 0.1) is 5.41 Å². The van der Waals surface area contributed by atoms with E-state index in [-0.39, 0.29) is 11.2 Å². The second-order valence-electron chi connectivity index (χ2n) is 4.21. The maximum Gasteiger partial charge on any atom is 0.296 e. The summed E-state index contributed by atoms with van der Waals surface area (Å²) < 4.78 is 0. The maximum atomic E-state index is 11.5. The van der Waals surface area contributed by atoms with E-state index in [1.54, 1.807) is 0 Å². The predicted molar refractivity (Wildman–Crippen MR) is 44.3 cm³/mol. The molecule has 70 valence electrons. The molecule has 12 heavy (non-hydrogen) atoms. The Balaban J connectivity index is 2.67. The Bertz CT molecular complexity index is 186. The Kier molecular flexibility index (Phi) is 2.27. The summed E-state index contributed by atoms with van der Waals surface area (Å²) in [5.41, 5.74) is -0.265. The first-order chi connectivity index (χ1) is 5.44. The SMILES string of the molecule is CCCC(=O)C1(C(C)(C)C)OO1. The van der Waals surface area contributed by atoms with Crippen LogP contribution < -0.4 is 0 Å². The van der Waals surface area contributed by atoms with E-state index in [1.807, 2.05) is 27.7 Å². The molecule has 1 aliphatic rings. The number of carbonyl (C=O) groups excluding carboxylic acids is 1. The molecule has 0 aromatic carbocycles. The fraction of sp³-hybridized carbons (Fsp3) is 0.889. The van der Waals surface area contributed by atoms with E-state index in [9.17, 15) is 4.79 Å². The van der Waals surface area contributed by atoms with Crippen LogP contribution >= 0.6 is 0 Å². The van der Waals surface area contributed by atoms with Gasteiger partial charge in [0.15, 0.2) is 5.78 Å². The lowest BCUT2D eigenvalue weighted by molar-refractivity contribution is -0.129. The van der Waals surface area contributed by atoms with Crippen LogP contribution in [0.15, 0.2) is 0 Å². The van der Waals surface area contributed by atoms with Gasteiger partial charge in [-0.2, -0.15) is 9.78 Å². The highest BCUT2D eigenvalue weighted by atomic mass is 17.4. The zero-order valence-corrected chi connectivity index (χ0v) is 8.14. The fourth-order valence-electron chi connectivity index (χ4n) is 1.19. The maximum absolute atomic E-state index is 11.5. The fourth-order valence-corrected chi connectivity index (χ4v) is 1.19. The number of hydrogen-bond donors (Lipinski definition) is 0. The Labute approximate surface area is 73.0 Å². The lowest BCUT2D eigenvalue weighted by Crippen LogP contribution is -2.37. The molecule has 0 saturated carbocycles. The third-order valence-electron chi connectivity index (χ3n) is 2.08. The second kappa shape index (κ2) is 2.82. The quantitative estimate of drug-likeness (QED) is 0.483. The Morgan fingerprint density at radius 3 is 2.08 bits per heavy atom. The van der Waals surface area contributed by atoms with Crippen molar-refractivity contribution < 1.29 is 14.6 Å². The van der Waals surface area contributed by atoms with E-state index in [0.717, 1.165) is 6.42 Å². The molecule has 0 spiro atoms. The lowest BCUT2D eigenvalue weighted by atomic mass is 9.83. The van der Waals surface area contributed by atoms with Gasteiger partial charge in [-0.3, -0.25) is 4.79 Å². The minimum atomic E-state index is -0.941. The molecule has 0 radical (unpaired) electrons. The summed E-state index contributed by atoms with van der Waals surface area (Å²) in [4.78, 5) is 21.2. The lowest BCUT2D eigenvalue weighted by Gasteiger charge is -2.21. The number of hydrogen-bond acceptors (Lipinski definition) is 3. The first kappa shape index (κ1) is 9.68. The molecular formula is C9H16O3. The van der Waals surface area contributed by atoms with Crippen molar-refractivity contribution in [2.45, 2.75) is 46.3 Å². The van der Waals surface area contributed by atoms with Crippen LogP contribution in [0.4, 0.5) is 0 Å². The van der Waals surface area contributed by atoms with Crippen LogP contribution in [0.3, 0.4) is 0 Å². The standard InChI is InChI=1S/C9H16O3/c1-5-6-7(10)9(11-12-9)8(2,3)4/h5-6H2,1-4H3. The van der Waals surface area contributed by atoms with Crippen molar-refractivity contribution in [1.82, 2.24) is 0 Å². The third-order valence-corrected chi connectivity index (χ3v) is 2.08. The molecule has 1 fully saturated rings. The first-order valence-corrected chi connectivity index (χ1v) is 4.34. The Hall–Kier alpha value is -0.410. The van der Waals surface area contributed by atoms with Gasteiger partial charge in [0.2, 0.25) is 0 Å². The Morgan fingerprint density at radius 2 is 1.83 bits per heavy atom. The average molecular weight is 172 g/mol. The van der Waals surface area contributed by atoms with Crippen molar-refractivity contribution >= 4 is 5.78 Å². The van der Waals surface area contributed by atoms with Gasteiger partial charge in [-0.1, -0.05) is 27.7 Å². The van der Waals surface area contributed by atoms with Gasteiger partial charge in [-0.05, 0) is 6.42 Å². The highest BCUT2D eigenvalue weighted by Crippen LogP contribution is 2.47. The van der Waals surface area contributed by atoms with Crippen LogP contribution in [-0.2, 0) is 14.6 Å². The summed E-state index contributed by atoms with van der Waals surface area (Å²) in [6.45, 7) is 7.78. The van der Waals surface area contributed by atoms with Crippen molar-refractivity contribution in [3.63, 3.8) is 0 Å². The molecule has 0 unspecified atom stereocenters. The zero-order valence-electron chi connectivity index (χ0n) is 8.14. The number of carbonyl (C=O) groups is 1. The van der Waals surface area contributed by atoms with E-state index in [0.29, 0.717) is 6.42 Å². The first-order valence-electron chi connectivity index (χ1n) is 4.34. The van der Waals surface area contributed by atoms with Gasteiger partial charge in [-0.15, -0.1) is 0 Å². The molecular weight excluding hydrogens is 156 g/mol. The van der Waals surface area contributed by atoms with Gasteiger partial charge >= 0.3 is 0 Å². The summed E-state index contributed by atoms with van der Waals surface area (Å²) in [5.74, 6) is -0.888. The normalized spacial score (nSPS) is 20.7. The van der Waals surface area contributed by atoms with E-state index in [4.69, 9.17) is 9.78 Å². The van der Waals surface area contributed by atoms with Crippen molar-refractivity contribution in [1.29, 1.82) is 0 Å².